The van der Waals surface area contributed by atoms with Gasteiger partial charge in [0.2, 0.25) is 5.91 Å². The predicted octanol–water partition coefficient (Wildman–Crippen LogP) is 3.88. The van der Waals surface area contributed by atoms with Gasteiger partial charge in [-0.15, -0.1) is 11.3 Å². The molecule has 0 saturated heterocycles. The summed E-state index contributed by atoms with van der Waals surface area (Å²) >= 11 is 7.64. The van der Waals surface area contributed by atoms with Crippen molar-refractivity contribution in [3.8, 4) is 5.75 Å². The summed E-state index contributed by atoms with van der Waals surface area (Å²) in [4.78, 5) is 31.7. The molecule has 146 valence electrons. The summed E-state index contributed by atoms with van der Waals surface area (Å²) < 4.78 is 5.88. The number of rotatable bonds is 5. The fourth-order valence-corrected chi connectivity index (χ4v) is 4.32. The summed E-state index contributed by atoms with van der Waals surface area (Å²) in [6.07, 6.45) is 2.74. The molecule has 1 aromatic carbocycles. The molecule has 1 atom stereocenters. The number of hydrogen-bond acceptors (Lipinski definition) is 5. The van der Waals surface area contributed by atoms with E-state index in [1.807, 2.05) is 26.0 Å². The van der Waals surface area contributed by atoms with Gasteiger partial charge in [0.25, 0.3) is 5.91 Å². The Morgan fingerprint density at radius 1 is 1.43 bits per heavy atom. The zero-order chi connectivity index (χ0) is 19.8. The average Bonchev–Trinajstić information content (AvgIpc) is 3.27. The molecule has 2 amide bonds. The molecule has 28 heavy (non-hydrogen) atoms. The van der Waals surface area contributed by atoms with E-state index in [9.17, 15) is 9.59 Å². The second kappa shape index (κ2) is 7.56. The van der Waals surface area contributed by atoms with Crippen LogP contribution >= 0.6 is 22.9 Å². The van der Waals surface area contributed by atoms with E-state index in [0.717, 1.165) is 11.1 Å². The predicted molar refractivity (Wildman–Crippen MR) is 109 cm³/mol. The monoisotopic (exact) mass is 417 g/mol. The largest absolute Gasteiger partial charge is 0.451 e. The van der Waals surface area contributed by atoms with Gasteiger partial charge < -0.3 is 15.0 Å². The summed E-state index contributed by atoms with van der Waals surface area (Å²) in [5, 5.41) is 5.77. The molecule has 0 spiro atoms. The van der Waals surface area contributed by atoms with Crippen molar-refractivity contribution in [2.24, 2.45) is 5.92 Å². The highest BCUT2D eigenvalue weighted by Crippen LogP contribution is 2.39. The van der Waals surface area contributed by atoms with Crippen molar-refractivity contribution < 1.29 is 14.3 Å². The Kier molecular flexibility index (Phi) is 5.12. The van der Waals surface area contributed by atoms with Gasteiger partial charge >= 0.3 is 0 Å². The number of amides is 2. The van der Waals surface area contributed by atoms with Gasteiger partial charge in [-0.1, -0.05) is 31.5 Å². The Morgan fingerprint density at radius 3 is 2.96 bits per heavy atom. The number of anilines is 1. The lowest BCUT2D eigenvalue weighted by atomic mass is 10.0. The summed E-state index contributed by atoms with van der Waals surface area (Å²) in [6, 6.07) is 4.82. The molecule has 0 saturated carbocycles. The molecule has 0 radical (unpaired) electrons. The van der Waals surface area contributed by atoms with Crippen LogP contribution in [0.25, 0.3) is 0 Å². The fourth-order valence-electron chi connectivity index (χ4n) is 3.56. The van der Waals surface area contributed by atoms with Gasteiger partial charge in [0.15, 0.2) is 10.9 Å². The molecule has 0 unspecified atom stereocenters. The van der Waals surface area contributed by atoms with E-state index in [4.69, 9.17) is 16.3 Å². The third-order valence-electron chi connectivity index (χ3n) is 4.85. The van der Waals surface area contributed by atoms with Crippen LogP contribution in [0.15, 0.2) is 41.1 Å². The van der Waals surface area contributed by atoms with Crippen LogP contribution in [0.5, 0.6) is 5.75 Å². The average molecular weight is 418 g/mol. The highest BCUT2D eigenvalue weighted by molar-refractivity contribution is 7.13. The minimum Gasteiger partial charge on any atom is -0.451 e. The highest BCUT2D eigenvalue weighted by Gasteiger charge is 2.42. The van der Waals surface area contributed by atoms with Gasteiger partial charge in [-0.25, -0.2) is 4.98 Å². The standard InChI is InChI=1S/C20H20ClN3O3S/c1-11(2)8-15(18(25)23-20-22-6-7-28-20)24-10-12-9-13-14(21)4-3-5-16(13)27-17(12)19(24)26/h3-7,11,15H,8-10H2,1-2H3,(H,22,23,25)/t15-/m0/s1. The van der Waals surface area contributed by atoms with Gasteiger partial charge in [0, 0.05) is 40.7 Å². The maximum atomic E-state index is 13.1. The molecule has 2 aliphatic heterocycles. The SMILES string of the molecule is CC(C)C[C@@H](C(=O)Nc1nccs1)N1CC2=C(Oc3cccc(Cl)c3C2)C1=O. The van der Waals surface area contributed by atoms with E-state index >= 15 is 0 Å². The van der Waals surface area contributed by atoms with Gasteiger partial charge in [-0.2, -0.15) is 0 Å². The van der Waals surface area contributed by atoms with Gasteiger partial charge in [0.05, 0.1) is 0 Å². The van der Waals surface area contributed by atoms with Crippen LogP contribution in [0.3, 0.4) is 0 Å². The normalized spacial score (nSPS) is 16.7. The maximum absolute atomic E-state index is 13.1. The van der Waals surface area contributed by atoms with E-state index in [2.05, 4.69) is 10.3 Å². The third kappa shape index (κ3) is 3.52. The van der Waals surface area contributed by atoms with Crippen molar-refractivity contribution in [2.75, 3.05) is 11.9 Å². The summed E-state index contributed by atoms with van der Waals surface area (Å²) in [7, 11) is 0. The smallest absolute Gasteiger partial charge is 0.290 e. The highest BCUT2D eigenvalue weighted by atomic mass is 35.5. The molecular formula is C20H20ClN3O3S. The zero-order valence-corrected chi connectivity index (χ0v) is 17.1. The topological polar surface area (TPSA) is 71.5 Å². The van der Waals surface area contributed by atoms with Crippen molar-refractivity contribution >= 4 is 39.9 Å². The van der Waals surface area contributed by atoms with Crippen molar-refractivity contribution in [1.82, 2.24) is 9.88 Å². The van der Waals surface area contributed by atoms with E-state index < -0.39 is 6.04 Å². The molecule has 8 heteroatoms. The number of benzene rings is 1. The van der Waals surface area contributed by atoms with Crippen LogP contribution in [0, 0.1) is 5.92 Å². The van der Waals surface area contributed by atoms with E-state index in [-0.39, 0.29) is 17.7 Å². The minimum absolute atomic E-state index is 0.229. The Hall–Kier alpha value is -2.38. The third-order valence-corrected chi connectivity index (χ3v) is 5.89. The Bertz CT molecular complexity index is 956. The minimum atomic E-state index is -0.593. The number of hydrogen-bond donors (Lipinski definition) is 1. The summed E-state index contributed by atoms with van der Waals surface area (Å²) in [5.41, 5.74) is 1.74. The number of carbonyl (C=O) groups excluding carboxylic acids is 2. The first-order valence-electron chi connectivity index (χ1n) is 9.12. The molecule has 0 aliphatic carbocycles. The Balaban J connectivity index is 1.57. The summed E-state index contributed by atoms with van der Waals surface area (Å²) in [5.74, 6) is 0.692. The first kappa shape index (κ1) is 19.0. The van der Waals surface area contributed by atoms with Gasteiger partial charge in [-0.3, -0.25) is 9.59 Å². The number of halogens is 1. The number of fused-ring (bicyclic) bond motifs is 1. The van der Waals surface area contributed by atoms with Crippen LogP contribution in [-0.2, 0) is 16.0 Å². The lowest BCUT2D eigenvalue weighted by Crippen LogP contribution is -2.46. The molecule has 6 nitrogen and oxygen atoms in total. The van der Waals surface area contributed by atoms with Gasteiger partial charge in [0.1, 0.15) is 11.8 Å². The molecular weight excluding hydrogens is 398 g/mol. The molecule has 4 rings (SSSR count). The van der Waals surface area contributed by atoms with Crippen molar-refractivity contribution in [1.29, 1.82) is 0 Å². The number of thiazole rings is 1. The van der Waals surface area contributed by atoms with E-state index in [0.29, 0.717) is 41.0 Å². The lowest BCUT2D eigenvalue weighted by Gasteiger charge is -2.28. The van der Waals surface area contributed by atoms with Crippen molar-refractivity contribution in [2.45, 2.75) is 32.7 Å². The number of carbonyl (C=O) groups is 2. The van der Waals surface area contributed by atoms with Gasteiger partial charge in [-0.05, 0) is 24.5 Å². The van der Waals surface area contributed by atoms with Crippen LogP contribution in [-0.4, -0.2) is 34.3 Å². The molecule has 2 aromatic rings. The van der Waals surface area contributed by atoms with Crippen molar-refractivity contribution in [3.63, 3.8) is 0 Å². The van der Waals surface area contributed by atoms with Crippen LogP contribution < -0.4 is 10.1 Å². The number of ether oxygens (including phenoxy) is 1. The maximum Gasteiger partial charge on any atom is 0.290 e. The lowest BCUT2D eigenvalue weighted by molar-refractivity contribution is -0.135. The molecule has 1 N–H and O–H groups in total. The second-order valence-electron chi connectivity index (χ2n) is 7.33. The first-order valence-corrected chi connectivity index (χ1v) is 10.4. The fraction of sp³-hybridized carbons (Fsp3) is 0.350. The Morgan fingerprint density at radius 2 is 2.25 bits per heavy atom. The zero-order valence-electron chi connectivity index (χ0n) is 15.6. The van der Waals surface area contributed by atoms with E-state index in [1.54, 1.807) is 22.5 Å². The van der Waals surface area contributed by atoms with Crippen LogP contribution in [0.4, 0.5) is 5.13 Å². The number of nitrogens with zero attached hydrogens (tertiary/aromatic N) is 2. The summed E-state index contributed by atoms with van der Waals surface area (Å²) in [6.45, 7) is 4.43. The number of nitrogens with one attached hydrogen (secondary N) is 1. The Labute approximate surface area is 172 Å². The molecule has 0 fully saturated rings. The first-order chi connectivity index (χ1) is 13.4. The number of aromatic nitrogens is 1. The van der Waals surface area contributed by atoms with Crippen LogP contribution in [0.2, 0.25) is 5.02 Å². The molecule has 3 heterocycles. The van der Waals surface area contributed by atoms with E-state index in [1.165, 1.54) is 11.3 Å². The molecule has 1 aromatic heterocycles. The van der Waals surface area contributed by atoms with Crippen molar-refractivity contribution in [3.05, 3.63) is 51.7 Å². The quantitative estimate of drug-likeness (QED) is 0.801. The second-order valence-corrected chi connectivity index (χ2v) is 8.63. The molecule has 2 aliphatic rings. The molecule has 0 bridgehead atoms. The van der Waals surface area contributed by atoms with Crippen LogP contribution in [0.1, 0.15) is 25.8 Å².